The van der Waals surface area contributed by atoms with Crippen molar-refractivity contribution in [1.29, 1.82) is 0 Å². The van der Waals surface area contributed by atoms with Crippen LogP contribution in [0.3, 0.4) is 0 Å². The molecular formula is C69H130O17P2. The molecule has 0 aromatic heterocycles. The lowest BCUT2D eigenvalue weighted by molar-refractivity contribution is -0.161. The summed E-state index contributed by atoms with van der Waals surface area (Å²) in [7, 11) is -9.89. The van der Waals surface area contributed by atoms with Gasteiger partial charge in [0.15, 0.2) is 12.2 Å². The number of esters is 4. The van der Waals surface area contributed by atoms with E-state index in [2.05, 4.69) is 52.0 Å². The minimum absolute atomic E-state index is 0.101. The van der Waals surface area contributed by atoms with Gasteiger partial charge < -0.3 is 33.8 Å². The second-order valence-corrected chi connectivity index (χ2v) is 27.1. The van der Waals surface area contributed by atoms with Gasteiger partial charge in [-0.05, 0) is 51.4 Å². The third-order valence-corrected chi connectivity index (χ3v) is 17.4. The van der Waals surface area contributed by atoms with E-state index in [0.29, 0.717) is 25.7 Å². The molecule has 0 fully saturated rings. The maximum Gasteiger partial charge on any atom is 0.472 e. The van der Waals surface area contributed by atoms with Gasteiger partial charge >= 0.3 is 39.5 Å². The number of allylic oxidation sites excluding steroid dienone is 4. The molecule has 0 radical (unpaired) electrons. The van der Waals surface area contributed by atoms with Crippen LogP contribution < -0.4 is 0 Å². The van der Waals surface area contributed by atoms with Gasteiger partial charge in [0.1, 0.15) is 19.3 Å². The van der Waals surface area contributed by atoms with Crippen LogP contribution in [0, 0.1) is 0 Å². The Morgan fingerprint density at radius 1 is 0.318 bits per heavy atom. The van der Waals surface area contributed by atoms with Crippen LogP contribution in [-0.4, -0.2) is 96.7 Å². The average molecular weight is 1290 g/mol. The van der Waals surface area contributed by atoms with Crippen LogP contribution in [0.4, 0.5) is 0 Å². The van der Waals surface area contributed by atoms with Crippen LogP contribution >= 0.6 is 15.6 Å². The van der Waals surface area contributed by atoms with Crippen molar-refractivity contribution >= 4 is 39.5 Å². The van der Waals surface area contributed by atoms with Crippen molar-refractivity contribution < 1.29 is 80.2 Å². The van der Waals surface area contributed by atoms with E-state index in [1.165, 1.54) is 122 Å². The van der Waals surface area contributed by atoms with Crippen molar-refractivity contribution in [3.8, 4) is 0 Å². The van der Waals surface area contributed by atoms with Gasteiger partial charge in [-0.3, -0.25) is 37.3 Å². The van der Waals surface area contributed by atoms with E-state index in [9.17, 15) is 43.2 Å². The Morgan fingerprint density at radius 2 is 0.545 bits per heavy atom. The highest BCUT2D eigenvalue weighted by Gasteiger charge is 2.30. The minimum Gasteiger partial charge on any atom is -0.462 e. The summed E-state index contributed by atoms with van der Waals surface area (Å²) in [6.07, 6.45) is 53.9. The van der Waals surface area contributed by atoms with Gasteiger partial charge in [-0.1, -0.05) is 283 Å². The summed E-state index contributed by atoms with van der Waals surface area (Å²) in [6, 6.07) is 0. The van der Waals surface area contributed by atoms with E-state index < -0.39 is 97.5 Å². The third kappa shape index (κ3) is 62.4. The van der Waals surface area contributed by atoms with Crippen LogP contribution in [0.5, 0.6) is 0 Å². The second-order valence-electron chi connectivity index (χ2n) is 24.2. The molecule has 88 heavy (non-hydrogen) atoms. The Hall–Kier alpha value is -2.46. The standard InChI is InChI=1S/C69H130O17P2/c1-5-9-13-17-21-23-25-27-29-30-31-32-34-36-38-40-44-48-52-56-69(74)86-65(60-80-67(72)54-50-46-43-39-37-35-33-28-26-24-22-18-14-10-6-2)62-84-88(77,78)82-58-63(70)57-81-87(75,76)83-61-64(85-68(73)55-51-47-42-20-16-12-8-4)59-79-66(71)53-49-45-41-19-15-11-7-3/h24,26,28,33,63-65,70H,5-23,25,27,29-32,34-62H2,1-4H3,(H,75,76)(H,77,78)/b26-24-,33-28-/t63-,64+,65+/m0/s1. The first kappa shape index (κ1) is 85.5. The average Bonchev–Trinajstić information content (AvgIpc) is 3.71. The van der Waals surface area contributed by atoms with E-state index >= 15 is 0 Å². The zero-order chi connectivity index (χ0) is 64.7. The summed E-state index contributed by atoms with van der Waals surface area (Å²) in [6.45, 7) is 4.78. The maximum absolute atomic E-state index is 13.0. The monoisotopic (exact) mass is 1290 g/mol. The molecule has 0 bridgehead atoms. The van der Waals surface area contributed by atoms with Crippen molar-refractivity contribution in [2.75, 3.05) is 39.6 Å². The predicted octanol–water partition coefficient (Wildman–Crippen LogP) is 19.4. The first-order valence-electron chi connectivity index (χ1n) is 35.6. The topological polar surface area (TPSA) is 237 Å². The van der Waals surface area contributed by atoms with Crippen molar-refractivity contribution in [3.05, 3.63) is 24.3 Å². The number of carbonyl (C=O) groups excluding carboxylic acids is 4. The minimum atomic E-state index is -4.96. The highest BCUT2D eigenvalue weighted by Crippen LogP contribution is 2.45. The molecule has 19 heteroatoms. The lowest BCUT2D eigenvalue weighted by Gasteiger charge is -2.21. The van der Waals surface area contributed by atoms with E-state index in [4.69, 9.17) is 37.0 Å². The van der Waals surface area contributed by atoms with Crippen LogP contribution in [-0.2, 0) is 65.4 Å². The maximum atomic E-state index is 13.0. The Kier molecular flexibility index (Phi) is 61.5. The quantitative estimate of drug-likeness (QED) is 0.0169. The zero-order valence-electron chi connectivity index (χ0n) is 56.2. The number of unbranched alkanes of at least 4 members (excludes halogenated alkanes) is 39. The van der Waals surface area contributed by atoms with E-state index in [0.717, 1.165) is 135 Å². The summed E-state index contributed by atoms with van der Waals surface area (Å²) in [5.41, 5.74) is 0. The lowest BCUT2D eigenvalue weighted by atomic mass is 10.0. The van der Waals surface area contributed by atoms with Crippen molar-refractivity contribution in [2.45, 2.75) is 354 Å². The van der Waals surface area contributed by atoms with Gasteiger partial charge in [-0.2, -0.15) is 0 Å². The van der Waals surface area contributed by atoms with Crippen molar-refractivity contribution in [3.63, 3.8) is 0 Å². The fraction of sp³-hybridized carbons (Fsp3) is 0.884. The number of phosphoric ester groups is 2. The Balaban J connectivity index is 5.17. The highest BCUT2D eigenvalue weighted by atomic mass is 31.2. The molecule has 0 aromatic carbocycles. The summed E-state index contributed by atoms with van der Waals surface area (Å²) in [5, 5.41) is 10.5. The van der Waals surface area contributed by atoms with E-state index in [1.54, 1.807) is 0 Å². The number of rotatable bonds is 68. The van der Waals surface area contributed by atoms with Crippen molar-refractivity contribution in [2.24, 2.45) is 0 Å². The van der Waals surface area contributed by atoms with Gasteiger partial charge in [0.2, 0.25) is 0 Å². The molecule has 0 aromatic rings. The summed E-state index contributed by atoms with van der Waals surface area (Å²) < 4.78 is 67.9. The Labute approximate surface area is 535 Å². The van der Waals surface area contributed by atoms with Crippen molar-refractivity contribution in [1.82, 2.24) is 0 Å². The number of aliphatic hydroxyl groups is 1. The van der Waals surface area contributed by atoms with Crippen LogP contribution in [0.15, 0.2) is 24.3 Å². The first-order valence-corrected chi connectivity index (χ1v) is 38.6. The summed E-state index contributed by atoms with van der Waals surface area (Å²) in [4.78, 5) is 72.1. The molecule has 0 rings (SSSR count). The molecule has 0 saturated heterocycles. The van der Waals surface area contributed by atoms with Gasteiger partial charge in [0.25, 0.3) is 0 Å². The highest BCUT2D eigenvalue weighted by molar-refractivity contribution is 7.47. The van der Waals surface area contributed by atoms with Gasteiger partial charge in [0.05, 0.1) is 26.4 Å². The SMILES string of the molecule is CCCCCC/C=C\C=C/CCCCCCCC(=O)OC[C@H](COP(=O)(O)OC[C@@H](O)COP(=O)(O)OC[C@@H](COC(=O)CCCCCCCCC)OC(=O)CCCCCCCCC)OC(=O)CCCCCCCCCCCCCCCCCCCCC. The molecule has 0 amide bonds. The Bertz CT molecular complexity index is 1780. The van der Waals surface area contributed by atoms with Crippen LogP contribution in [0.1, 0.15) is 336 Å². The molecule has 0 aliphatic rings. The Morgan fingerprint density at radius 3 is 0.830 bits per heavy atom. The molecule has 0 heterocycles. The predicted molar refractivity (Wildman–Crippen MR) is 354 cm³/mol. The fourth-order valence-electron chi connectivity index (χ4n) is 9.98. The molecule has 518 valence electrons. The molecule has 0 saturated carbocycles. The molecule has 0 aliphatic carbocycles. The molecule has 3 N–H and O–H groups in total. The van der Waals surface area contributed by atoms with Crippen LogP contribution in [0.2, 0.25) is 0 Å². The van der Waals surface area contributed by atoms with Gasteiger partial charge in [-0.25, -0.2) is 9.13 Å². The third-order valence-electron chi connectivity index (χ3n) is 15.5. The molecule has 0 spiro atoms. The molecule has 2 unspecified atom stereocenters. The molecular weight excluding hydrogens is 1160 g/mol. The second kappa shape index (κ2) is 63.3. The summed E-state index contributed by atoms with van der Waals surface area (Å²) in [5.74, 6) is -2.16. The van der Waals surface area contributed by atoms with Crippen LogP contribution in [0.25, 0.3) is 0 Å². The van der Waals surface area contributed by atoms with E-state index in [1.807, 2.05) is 0 Å². The smallest absolute Gasteiger partial charge is 0.462 e. The number of phosphoric acid groups is 2. The zero-order valence-corrected chi connectivity index (χ0v) is 58.0. The normalized spacial score (nSPS) is 14.2. The van der Waals surface area contributed by atoms with E-state index in [-0.39, 0.29) is 25.7 Å². The number of aliphatic hydroxyl groups excluding tert-OH is 1. The molecule has 5 atom stereocenters. The number of hydrogen-bond acceptors (Lipinski definition) is 15. The number of carbonyl (C=O) groups is 4. The summed E-state index contributed by atoms with van der Waals surface area (Å²) >= 11 is 0. The fourth-order valence-corrected chi connectivity index (χ4v) is 11.6. The largest absolute Gasteiger partial charge is 0.472 e. The number of hydrogen-bond donors (Lipinski definition) is 3. The van der Waals surface area contributed by atoms with Gasteiger partial charge in [0, 0.05) is 25.7 Å². The lowest BCUT2D eigenvalue weighted by Crippen LogP contribution is -2.30. The molecule has 17 nitrogen and oxygen atoms in total. The number of ether oxygens (including phenoxy) is 4. The van der Waals surface area contributed by atoms with Gasteiger partial charge in [-0.15, -0.1) is 0 Å². The first-order chi connectivity index (χ1) is 42.7. The molecule has 0 aliphatic heterocycles.